The molecule has 0 aliphatic carbocycles. The molecule has 0 aromatic heterocycles. The number of rotatable bonds is 18. The molecule has 6 atom stereocenters. The van der Waals surface area contributed by atoms with Gasteiger partial charge >= 0.3 is 37.7 Å². The maximum absolute atomic E-state index is 12.3. The molecule has 2 aromatic carbocycles. The van der Waals surface area contributed by atoms with Gasteiger partial charge in [0, 0.05) is 52.5 Å². The number of methoxy groups -OCH3 is 2. The zero-order chi connectivity index (χ0) is 38.3. The second-order valence-electron chi connectivity index (χ2n) is 13.3. The van der Waals surface area contributed by atoms with E-state index in [1.54, 1.807) is 0 Å². The Morgan fingerprint density at radius 2 is 0.981 bits per heavy atom. The largest absolute Gasteiger partial charge is 1.00 e. The van der Waals surface area contributed by atoms with E-state index in [1.807, 2.05) is 60.7 Å². The van der Waals surface area contributed by atoms with Gasteiger partial charge in [0.2, 0.25) is 26.6 Å². The molecule has 288 valence electrons. The SMILES string of the molecule is COC1C[C@@H](C(=O)[O-])N(C(=O)CP(=O)(O)CCCCc2ccccc2)C1.CO[C@@H]1C[C@@H](C(=O)[O-])N(C(=O)CP(=O)(O)CCCCc2ccccc2)C1.[Li+].[Li+]. The van der Waals surface area contributed by atoms with Crippen molar-refractivity contribution in [2.24, 2.45) is 0 Å². The molecule has 2 aliphatic heterocycles. The van der Waals surface area contributed by atoms with Crippen molar-refractivity contribution in [2.75, 3.05) is 52.0 Å². The van der Waals surface area contributed by atoms with Crippen molar-refractivity contribution >= 4 is 38.5 Å². The first-order chi connectivity index (χ1) is 24.6. The van der Waals surface area contributed by atoms with Crippen LogP contribution in [0.5, 0.6) is 0 Å². The molecule has 0 saturated carbocycles. The van der Waals surface area contributed by atoms with Gasteiger partial charge in [0.1, 0.15) is 12.3 Å². The van der Waals surface area contributed by atoms with Gasteiger partial charge in [-0.3, -0.25) is 18.7 Å². The first-order valence-electron chi connectivity index (χ1n) is 17.4. The fraction of sp³-hybridized carbons (Fsp3) is 0.556. The molecule has 2 aromatic rings. The predicted octanol–water partition coefficient (Wildman–Crippen LogP) is -4.70. The summed E-state index contributed by atoms with van der Waals surface area (Å²) in [5.41, 5.74) is 2.33. The van der Waals surface area contributed by atoms with Gasteiger partial charge in [-0.05, 0) is 49.7 Å². The molecule has 0 spiro atoms. The average Bonchev–Trinajstić information content (AvgIpc) is 3.76. The van der Waals surface area contributed by atoms with Gasteiger partial charge in [0.05, 0.1) is 36.2 Å². The normalized spacial score (nSPS) is 21.3. The summed E-state index contributed by atoms with van der Waals surface area (Å²) in [7, 11) is -4.43. The van der Waals surface area contributed by atoms with E-state index in [4.69, 9.17) is 9.47 Å². The molecule has 2 N–H and O–H groups in total. The van der Waals surface area contributed by atoms with Crippen molar-refractivity contribution in [1.82, 2.24) is 9.80 Å². The number of unbranched alkanes of at least 4 members (excludes halogenated alkanes) is 2. The zero-order valence-corrected chi connectivity index (χ0v) is 33.5. The zero-order valence-electron chi connectivity index (χ0n) is 31.7. The molecule has 2 saturated heterocycles. The van der Waals surface area contributed by atoms with Crippen molar-refractivity contribution in [1.29, 1.82) is 0 Å². The summed E-state index contributed by atoms with van der Waals surface area (Å²) < 4.78 is 34.9. The quantitative estimate of drug-likeness (QED) is 0.0831. The molecule has 14 nitrogen and oxygen atoms in total. The Bertz CT molecular complexity index is 1460. The summed E-state index contributed by atoms with van der Waals surface area (Å²) >= 11 is 0. The van der Waals surface area contributed by atoms with E-state index in [0.29, 0.717) is 12.8 Å². The predicted molar refractivity (Wildman–Crippen MR) is 190 cm³/mol. The third-order valence-electron chi connectivity index (χ3n) is 9.27. The van der Waals surface area contributed by atoms with Crippen LogP contribution in [0.4, 0.5) is 0 Å². The average molecular weight is 779 g/mol. The Balaban J connectivity index is 0.000000521. The van der Waals surface area contributed by atoms with E-state index in [9.17, 15) is 48.3 Å². The number of benzene rings is 2. The summed E-state index contributed by atoms with van der Waals surface area (Å²) in [4.78, 5) is 69.5. The number of carboxylic acids is 2. The van der Waals surface area contributed by atoms with Crippen molar-refractivity contribution in [3.63, 3.8) is 0 Å². The molecule has 0 bridgehead atoms. The molecule has 3 unspecified atom stereocenters. The first kappa shape index (κ1) is 49.8. The Kier molecular flexibility index (Phi) is 22.6. The summed E-state index contributed by atoms with van der Waals surface area (Å²) in [6.07, 6.45) is 2.65. The van der Waals surface area contributed by atoms with Gasteiger partial charge < -0.3 is 48.9 Å². The van der Waals surface area contributed by atoms with Crippen molar-refractivity contribution in [3.05, 3.63) is 71.8 Å². The number of carbonyl (C=O) groups is 4. The number of nitrogens with zero attached hydrogens (tertiary/aromatic N) is 2. The van der Waals surface area contributed by atoms with Gasteiger partial charge in [0.25, 0.3) is 0 Å². The smallest absolute Gasteiger partial charge is 0.548 e. The Hall–Kier alpha value is -2.19. The molecular formula is C36H50Li2N2O12P2. The van der Waals surface area contributed by atoms with Gasteiger partial charge in [0.15, 0.2) is 0 Å². The summed E-state index contributed by atoms with van der Waals surface area (Å²) in [6.45, 7) is 0.198. The number of amides is 2. The van der Waals surface area contributed by atoms with Crippen LogP contribution in [0.1, 0.15) is 49.7 Å². The number of carboxylic acid groups (broad SMARTS) is 2. The van der Waals surface area contributed by atoms with Gasteiger partial charge in [-0.25, -0.2) is 0 Å². The molecular weight excluding hydrogens is 728 g/mol. The number of carbonyl (C=O) groups excluding carboxylic acids is 4. The van der Waals surface area contributed by atoms with Crippen LogP contribution in [0.2, 0.25) is 0 Å². The standard InChI is InChI=1S/2C18H26NO6P.2Li/c2*1-25-15-11-16(18(21)22)19(12-15)17(20)13-26(23,24)10-6-5-9-14-7-3-2-4-8-14;;/h2*2-4,7-8,15-16H,5-6,9-13H2,1H3,(H,21,22)(H,23,24);;/q;;2*+1/p-2/t15?,16-;15-,16+;;/m01../s1. The molecule has 4 rings (SSSR count). The van der Waals surface area contributed by atoms with Crippen molar-refractivity contribution in [2.45, 2.75) is 75.7 Å². The number of aryl methyl sites for hydroxylation is 2. The minimum Gasteiger partial charge on any atom is -0.548 e. The monoisotopic (exact) mass is 778 g/mol. The van der Waals surface area contributed by atoms with Crippen LogP contribution < -0.4 is 47.9 Å². The van der Waals surface area contributed by atoms with E-state index in [0.717, 1.165) is 46.6 Å². The summed E-state index contributed by atoms with van der Waals surface area (Å²) in [6, 6.07) is 17.4. The Morgan fingerprint density at radius 3 is 1.28 bits per heavy atom. The number of aliphatic carboxylic acids is 2. The molecule has 54 heavy (non-hydrogen) atoms. The van der Waals surface area contributed by atoms with Gasteiger partial charge in [-0.1, -0.05) is 60.7 Å². The van der Waals surface area contributed by atoms with Crippen LogP contribution in [0.3, 0.4) is 0 Å². The Morgan fingerprint density at radius 1 is 0.648 bits per heavy atom. The minimum atomic E-state index is -3.65. The number of likely N-dealkylation sites (tertiary alicyclic amines) is 2. The van der Waals surface area contributed by atoms with Crippen LogP contribution in [0.25, 0.3) is 0 Å². The molecule has 2 heterocycles. The fourth-order valence-corrected chi connectivity index (χ4v) is 9.32. The maximum Gasteiger partial charge on any atom is 1.00 e. The van der Waals surface area contributed by atoms with Crippen molar-refractivity contribution in [3.8, 4) is 0 Å². The minimum absolute atomic E-state index is 0. The number of hydrogen-bond donors (Lipinski definition) is 2. The molecule has 2 fully saturated rings. The summed E-state index contributed by atoms with van der Waals surface area (Å²) in [5, 5.41) is 22.4. The third kappa shape index (κ3) is 16.9. The van der Waals surface area contributed by atoms with Crippen LogP contribution in [0, 0.1) is 0 Å². The van der Waals surface area contributed by atoms with E-state index in [2.05, 4.69) is 0 Å². The fourth-order valence-electron chi connectivity index (χ4n) is 6.36. The molecule has 18 heteroatoms. The van der Waals surface area contributed by atoms with Crippen LogP contribution in [0.15, 0.2) is 60.7 Å². The number of ether oxygens (including phenoxy) is 2. The van der Waals surface area contributed by atoms with E-state index >= 15 is 0 Å². The molecule has 2 aliphatic rings. The van der Waals surface area contributed by atoms with Crippen LogP contribution >= 0.6 is 14.7 Å². The first-order valence-corrected chi connectivity index (χ1v) is 21.5. The van der Waals surface area contributed by atoms with E-state index in [-0.39, 0.29) is 76.0 Å². The number of hydrogen-bond acceptors (Lipinski definition) is 10. The molecule has 2 amide bonds. The second kappa shape index (κ2) is 24.5. The van der Waals surface area contributed by atoms with E-state index in [1.165, 1.54) is 14.2 Å². The third-order valence-corrected chi connectivity index (χ3v) is 12.8. The molecule has 0 radical (unpaired) electrons. The van der Waals surface area contributed by atoms with Crippen LogP contribution in [-0.2, 0) is 50.6 Å². The van der Waals surface area contributed by atoms with Gasteiger partial charge in [-0.2, -0.15) is 0 Å². The second-order valence-corrected chi connectivity index (χ2v) is 18.2. The van der Waals surface area contributed by atoms with E-state index < -0.39 is 75.1 Å². The maximum atomic E-state index is 12.3. The topological polar surface area (TPSA) is 214 Å². The Labute approximate surface area is 341 Å². The van der Waals surface area contributed by atoms with Crippen LogP contribution in [-0.4, -0.2) is 120 Å². The van der Waals surface area contributed by atoms with Crippen molar-refractivity contribution < 1.29 is 95.5 Å². The summed E-state index contributed by atoms with van der Waals surface area (Å²) in [5.74, 6) is -4.00. The van der Waals surface area contributed by atoms with Gasteiger partial charge in [-0.15, -0.1) is 0 Å².